The van der Waals surface area contributed by atoms with Crippen LogP contribution in [0.15, 0.2) is 36.4 Å². The summed E-state index contributed by atoms with van der Waals surface area (Å²) in [6.45, 7) is 3.68. The zero-order chi connectivity index (χ0) is 19.2. The van der Waals surface area contributed by atoms with Crippen LogP contribution in [0.5, 0.6) is 0 Å². The summed E-state index contributed by atoms with van der Waals surface area (Å²) in [6.07, 6.45) is 9.49. The van der Waals surface area contributed by atoms with Crippen LogP contribution >= 0.6 is 0 Å². The molecule has 1 aromatic heterocycles. The predicted molar refractivity (Wildman–Crippen MR) is 113 cm³/mol. The third-order valence-electron chi connectivity index (χ3n) is 5.79. The molecule has 2 saturated heterocycles. The van der Waals surface area contributed by atoms with Crippen LogP contribution in [0.3, 0.4) is 0 Å². The van der Waals surface area contributed by atoms with E-state index in [1.807, 2.05) is 41.3 Å². The normalized spacial score (nSPS) is 18.4. The summed E-state index contributed by atoms with van der Waals surface area (Å²) >= 11 is 0. The second-order valence-electron chi connectivity index (χ2n) is 7.91. The van der Waals surface area contributed by atoms with Crippen molar-refractivity contribution in [1.29, 1.82) is 0 Å². The molecule has 5 nitrogen and oxygen atoms in total. The minimum absolute atomic E-state index is 0.0533. The lowest BCUT2D eigenvalue weighted by atomic mass is 10.2. The average molecular weight is 379 g/mol. The highest BCUT2D eigenvalue weighted by Crippen LogP contribution is 2.24. The molecule has 0 saturated carbocycles. The van der Waals surface area contributed by atoms with Crippen LogP contribution in [0.25, 0.3) is 11.4 Å². The van der Waals surface area contributed by atoms with Crippen LogP contribution in [0.4, 0.5) is 5.82 Å². The molecule has 28 heavy (non-hydrogen) atoms. The molecule has 2 aliphatic heterocycles. The molecule has 2 fully saturated rings. The van der Waals surface area contributed by atoms with Crippen molar-refractivity contribution in [1.82, 2.24) is 14.9 Å². The van der Waals surface area contributed by atoms with Crippen molar-refractivity contribution in [3.8, 4) is 11.4 Å². The van der Waals surface area contributed by atoms with Crippen LogP contribution in [0.1, 0.15) is 61.9 Å². The number of likely N-dealkylation sites (tertiary alicyclic amines) is 1. The summed E-state index contributed by atoms with van der Waals surface area (Å²) < 4.78 is 0. The van der Waals surface area contributed by atoms with Gasteiger partial charge >= 0.3 is 0 Å². The minimum Gasteiger partial charge on any atom is -0.356 e. The van der Waals surface area contributed by atoms with Gasteiger partial charge in [0.1, 0.15) is 11.5 Å². The molecule has 2 aromatic rings. The number of rotatable bonds is 3. The molecule has 0 radical (unpaired) electrons. The number of nitrogens with zero attached hydrogens (tertiary/aromatic N) is 4. The van der Waals surface area contributed by atoms with E-state index in [9.17, 15) is 4.79 Å². The summed E-state index contributed by atoms with van der Waals surface area (Å²) in [7, 11) is 0. The molecule has 3 heterocycles. The fourth-order valence-corrected chi connectivity index (χ4v) is 4.16. The highest BCUT2D eigenvalue weighted by Gasteiger charge is 2.22. The largest absolute Gasteiger partial charge is 0.356 e. The van der Waals surface area contributed by atoms with Crippen molar-refractivity contribution in [3.63, 3.8) is 0 Å². The Morgan fingerprint density at radius 3 is 2.00 bits per heavy atom. The zero-order valence-corrected chi connectivity index (χ0v) is 16.6. The summed E-state index contributed by atoms with van der Waals surface area (Å²) in [5, 5.41) is 0. The number of hydrogen-bond acceptors (Lipinski definition) is 4. The van der Waals surface area contributed by atoms with Gasteiger partial charge in [-0.25, -0.2) is 9.97 Å². The minimum atomic E-state index is 0.0533. The number of carbonyl (C=O) groups is 1. The van der Waals surface area contributed by atoms with Gasteiger partial charge in [-0.15, -0.1) is 0 Å². The number of aromatic nitrogens is 2. The average Bonchev–Trinajstić information content (AvgIpc) is 3.19. The Hall–Kier alpha value is -2.43. The summed E-state index contributed by atoms with van der Waals surface area (Å²) in [5.74, 6) is 1.60. The smallest absolute Gasteiger partial charge is 0.272 e. The molecule has 4 rings (SSSR count). The quantitative estimate of drug-likeness (QED) is 0.787. The van der Waals surface area contributed by atoms with Gasteiger partial charge < -0.3 is 9.80 Å². The van der Waals surface area contributed by atoms with Crippen molar-refractivity contribution in [2.75, 3.05) is 31.1 Å². The summed E-state index contributed by atoms with van der Waals surface area (Å²) in [6, 6.07) is 11.9. The van der Waals surface area contributed by atoms with Gasteiger partial charge in [-0.05, 0) is 25.7 Å². The first-order valence-corrected chi connectivity index (χ1v) is 10.8. The first kappa shape index (κ1) is 18.9. The molecule has 0 atom stereocenters. The van der Waals surface area contributed by atoms with Crippen LogP contribution in [0, 0.1) is 0 Å². The van der Waals surface area contributed by atoms with Crippen molar-refractivity contribution in [3.05, 3.63) is 42.1 Å². The highest BCUT2D eigenvalue weighted by atomic mass is 16.2. The van der Waals surface area contributed by atoms with Crippen LogP contribution in [-0.4, -0.2) is 47.0 Å². The molecule has 0 aliphatic carbocycles. The van der Waals surface area contributed by atoms with Gasteiger partial charge in [0.2, 0.25) is 0 Å². The lowest BCUT2D eigenvalue weighted by Gasteiger charge is -2.24. The highest BCUT2D eigenvalue weighted by molar-refractivity contribution is 5.93. The van der Waals surface area contributed by atoms with Crippen molar-refractivity contribution in [2.24, 2.45) is 0 Å². The zero-order valence-electron chi connectivity index (χ0n) is 16.6. The Kier molecular flexibility index (Phi) is 6.20. The Bertz CT molecular complexity index is 776. The number of carbonyl (C=O) groups excluding carboxylic acids is 1. The van der Waals surface area contributed by atoms with E-state index in [1.54, 1.807) is 0 Å². The maximum Gasteiger partial charge on any atom is 0.272 e. The SMILES string of the molecule is O=C(c1cc(N2CCCCCC2)nc(-c2ccccc2)n1)N1CCCCCC1. The van der Waals surface area contributed by atoms with Crippen molar-refractivity contribution < 1.29 is 4.79 Å². The lowest BCUT2D eigenvalue weighted by molar-refractivity contribution is 0.0755. The Morgan fingerprint density at radius 1 is 0.750 bits per heavy atom. The van der Waals surface area contributed by atoms with E-state index in [-0.39, 0.29) is 5.91 Å². The van der Waals surface area contributed by atoms with Crippen molar-refractivity contribution >= 4 is 11.7 Å². The number of benzene rings is 1. The number of hydrogen-bond donors (Lipinski definition) is 0. The number of anilines is 1. The summed E-state index contributed by atoms with van der Waals surface area (Å²) in [5.41, 5.74) is 1.50. The van der Waals surface area contributed by atoms with E-state index < -0.39 is 0 Å². The number of amides is 1. The molecule has 0 unspecified atom stereocenters. The van der Waals surface area contributed by atoms with Crippen LogP contribution in [-0.2, 0) is 0 Å². The predicted octanol–water partition coefficient (Wildman–Crippen LogP) is 4.54. The fraction of sp³-hybridized carbons (Fsp3) is 0.522. The molecule has 148 valence electrons. The maximum absolute atomic E-state index is 13.3. The second kappa shape index (κ2) is 9.18. The van der Waals surface area contributed by atoms with E-state index in [1.165, 1.54) is 38.5 Å². The van der Waals surface area contributed by atoms with E-state index in [0.717, 1.165) is 50.4 Å². The first-order valence-electron chi connectivity index (χ1n) is 10.8. The van der Waals surface area contributed by atoms with Gasteiger partial charge in [-0.1, -0.05) is 56.0 Å². The lowest BCUT2D eigenvalue weighted by Crippen LogP contribution is -2.33. The van der Waals surface area contributed by atoms with E-state index in [2.05, 4.69) is 4.90 Å². The van der Waals surface area contributed by atoms with Gasteiger partial charge in [0.25, 0.3) is 5.91 Å². The van der Waals surface area contributed by atoms with Gasteiger partial charge in [0.05, 0.1) is 0 Å². The summed E-state index contributed by atoms with van der Waals surface area (Å²) in [4.78, 5) is 27.1. The Labute approximate surface area is 167 Å². The van der Waals surface area contributed by atoms with Crippen molar-refractivity contribution in [2.45, 2.75) is 51.4 Å². The maximum atomic E-state index is 13.3. The van der Waals surface area contributed by atoms with E-state index in [4.69, 9.17) is 9.97 Å². The van der Waals surface area contributed by atoms with Gasteiger partial charge in [0, 0.05) is 37.8 Å². The Balaban J connectivity index is 1.69. The van der Waals surface area contributed by atoms with Gasteiger partial charge in [-0.3, -0.25) is 4.79 Å². The topological polar surface area (TPSA) is 49.3 Å². The fourth-order valence-electron chi connectivity index (χ4n) is 4.16. The molecular formula is C23H30N4O. The van der Waals surface area contributed by atoms with Gasteiger partial charge in [-0.2, -0.15) is 0 Å². The standard InChI is InChI=1S/C23H30N4O/c28-23(27-16-10-3-4-11-17-27)20-18-21(26-14-8-1-2-9-15-26)25-22(24-20)19-12-6-5-7-13-19/h5-7,12-13,18H,1-4,8-11,14-17H2. The third kappa shape index (κ3) is 4.51. The first-order chi connectivity index (χ1) is 13.8. The molecule has 0 N–H and O–H groups in total. The molecule has 0 spiro atoms. The molecule has 0 bridgehead atoms. The molecule has 1 aromatic carbocycles. The molecule has 1 amide bonds. The van der Waals surface area contributed by atoms with Crippen LogP contribution < -0.4 is 4.90 Å². The molecule has 2 aliphatic rings. The molecule has 5 heteroatoms. The second-order valence-corrected chi connectivity index (χ2v) is 7.91. The monoisotopic (exact) mass is 378 g/mol. The Morgan fingerprint density at radius 2 is 1.36 bits per heavy atom. The van der Waals surface area contributed by atoms with E-state index >= 15 is 0 Å². The van der Waals surface area contributed by atoms with E-state index in [0.29, 0.717) is 11.5 Å². The van der Waals surface area contributed by atoms with Gasteiger partial charge in [0.15, 0.2) is 5.82 Å². The van der Waals surface area contributed by atoms with Crippen LogP contribution in [0.2, 0.25) is 0 Å². The molecular weight excluding hydrogens is 348 g/mol. The third-order valence-corrected chi connectivity index (χ3v) is 5.79.